The molecule has 1 N–H and O–H groups in total. The highest BCUT2D eigenvalue weighted by Gasteiger charge is 2.03. The molecule has 0 unspecified atom stereocenters. The molecule has 0 bridgehead atoms. The van der Waals surface area contributed by atoms with Crippen molar-refractivity contribution < 1.29 is 19.4 Å². The Balaban J connectivity index is 3.38. The number of nitrogens with one attached hydrogen (secondary N) is 1. The third-order valence-corrected chi connectivity index (χ3v) is 0.906. The van der Waals surface area contributed by atoms with Gasteiger partial charge in [0.2, 0.25) is 0 Å². The first kappa shape index (κ1) is 10.9. The fraction of sp³-hybridized carbons (Fsp3) is 0.714. The number of esters is 1. The molecule has 5 nitrogen and oxygen atoms in total. The second-order valence-corrected chi connectivity index (χ2v) is 2.51. The van der Waals surface area contributed by atoms with Crippen molar-refractivity contribution in [3.8, 4) is 0 Å². The summed E-state index contributed by atoms with van der Waals surface area (Å²) in [6, 6.07) is 0. The Hall–Kier alpha value is -1.10. The number of carboxylic acid groups (broad SMARTS) is 1. The van der Waals surface area contributed by atoms with Gasteiger partial charge >= 0.3 is 5.97 Å². The van der Waals surface area contributed by atoms with E-state index in [2.05, 4.69) is 5.32 Å². The Morgan fingerprint density at radius 3 is 2.42 bits per heavy atom. The van der Waals surface area contributed by atoms with Crippen molar-refractivity contribution >= 4 is 11.9 Å². The van der Waals surface area contributed by atoms with Crippen LogP contribution in [0.1, 0.15) is 13.8 Å². The number of carbonyl (C=O) groups excluding carboxylic acids is 2. The van der Waals surface area contributed by atoms with E-state index in [1.54, 1.807) is 13.8 Å². The highest BCUT2D eigenvalue weighted by molar-refractivity contribution is 5.73. The molecular weight excluding hydrogens is 162 g/mol. The van der Waals surface area contributed by atoms with Crippen molar-refractivity contribution in [1.82, 2.24) is 5.32 Å². The van der Waals surface area contributed by atoms with Crippen LogP contribution in [0.4, 0.5) is 0 Å². The second kappa shape index (κ2) is 5.54. The van der Waals surface area contributed by atoms with Crippen LogP contribution < -0.4 is 10.4 Å². The quantitative estimate of drug-likeness (QED) is 0.501. The first-order valence-corrected chi connectivity index (χ1v) is 3.62. The van der Waals surface area contributed by atoms with Gasteiger partial charge in [-0.2, -0.15) is 0 Å². The Morgan fingerprint density at radius 1 is 1.42 bits per heavy atom. The van der Waals surface area contributed by atoms with Gasteiger partial charge < -0.3 is 20.0 Å². The van der Waals surface area contributed by atoms with E-state index >= 15 is 0 Å². The van der Waals surface area contributed by atoms with Gasteiger partial charge in [-0.15, -0.1) is 0 Å². The normalized spacial score (nSPS) is 9.92. The molecule has 0 atom stereocenters. The number of hydrogen-bond acceptors (Lipinski definition) is 5. The highest BCUT2D eigenvalue weighted by atomic mass is 16.5. The lowest BCUT2D eigenvalue weighted by Crippen LogP contribution is -2.37. The Labute approximate surface area is 70.7 Å². The third-order valence-electron chi connectivity index (χ3n) is 0.906. The number of ether oxygens (including phenoxy) is 1. The molecule has 0 heterocycles. The minimum atomic E-state index is -1.24. The topological polar surface area (TPSA) is 78.5 Å². The van der Waals surface area contributed by atoms with Crippen LogP contribution in [-0.2, 0) is 14.3 Å². The fourth-order valence-corrected chi connectivity index (χ4v) is 0.571. The summed E-state index contributed by atoms with van der Waals surface area (Å²) in [6.45, 7) is 2.99. The van der Waals surface area contributed by atoms with Crippen molar-refractivity contribution in [2.75, 3.05) is 13.1 Å². The lowest BCUT2D eigenvalue weighted by molar-refractivity contribution is -0.304. The average Bonchev–Trinajstić information content (AvgIpc) is 1.84. The Morgan fingerprint density at radius 2 is 2.00 bits per heavy atom. The number of rotatable bonds is 5. The highest BCUT2D eigenvalue weighted by Crippen LogP contribution is 1.86. The van der Waals surface area contributed by atoms with Gasteiger partial charge in [-0.3, -0.25) is 4.79 Å². The van der Waals surface area contributed by atoms with Gasteiger partial charge in [0.05, 0.1) is 18.6 Å². The fourth-order valence-electron chi connectivity index (χ4n) is 0.571. The van der Waals surface area contributed by atoms with E-state index < -0.39 is 11.9 Å². The summed E-state index contributed by atoms with van der Waals surface area (Å²) >= 11 is 0. The van der Waals surface area contributed by atoms with Crippen LogP contribution in [0.25, 0.3) is 0 Å². The minimum Gasteiger partial charge on any atom is -0.549 e. The summed E-state index contributed by atoms with van der Waals surface area (Å²) in [4.78, 5) is 20.6. The predicted molar refractivity (Wildman–Crippen MR) is 39.1 cm³/mol. The van der Waals surface area contributed by atoms with Crippen LogP contribution in [-0.4, -0.2) is 31.1 Å². The van der Waals surface area contributed by atoms with E-state index in [1.165, 1.54) is 0 Å². The molecule has 0 radical (unpaired) electrons. The monoisotopic (exact) mass is 174 g/mol. The summed E-state index contributed by atoms with van der Waals surface area (Å²) in [5, 5.41) is 12.2. The molecule has 70 valence electrons. The van der Waals surface area contributed by atoms with Crippen LogP contribution in [0.15, 0.2) is 0 Å². The largest absolute Gasteiger partial charge is 0.549 e. The summed E-state index contributed by atoms with van der Waals surface area (Å²) in [6.07, 6.45) is -0.178. The van der Waals surface area contributed by atoms with Crippen LogP contribution in [0.2, 0.25) is 0 Å². The maximum atomic E-state index is 10.7. The molecule has 0 saturated heterocycles. The summed E-state index contributed by atoms with van der Waals surface area (Å²) in [7, 11) is 0. The lowest BCUT2D eigenvalue weighted by Gasteiger charge is -2.08. The molecule has 0 saturated carbocycles. The zero-order valence-electron chi connectivity index (χ0n) is 7.12. The molecule has 0 fully saturated rings. The molecule has 0 aromatic rings. The van der Waals surface area contributed by atoms with Gasteiger partial charge in [0.25, 0.3) is 0 Å². The van der Waals surface area contributed by atoms with Crippen molar-refractivity contribution in [3.63, 3.8) is 0 Å². The lowest BCUT2D eigenvalue weighted by atomic mass is 10.5. The summed E-state index contributed by atoms with van der Waals surface area (Å²) < 4.78 is 4.72. The van der Waals surface area contributed by atoms with Crippen LogP contribution in [0.5, 0.6) is 0 Å². The van der Waals surface area contributed by atoms with E-state index in [0.717, 1.165) is 0 Å². The molecule has 0 aliphatic rings. The first-order valence-electron chi connectivity index (χ1n) is 3.62. The Kier molecular flexibility index (Phi) is 5.03. The van der Waals surface area contributed by atoms with E-state index in [-0.39, 0.29) is 19.2 Å². The van der Waals surface area contributed by atoms with Crippen molar-refractivity contribution in [2.24, 2.45) is 0 Å². The van der Waals surface area contributed by atoms with E-state index in [4.69, 9.17) is 4.74 Å². The zero-order valence-corrected chi connectivity index (χ0v) is 7.12. The van der Waals surface area contributed by atoms with E-state index in [0.29, 0.717) is 0 Å². The van der Waals surface area contributed by atoms with E-state index in [1.807, 2.05) is 0 Å². The minimum absolute atomic E-state index is 0.105. The van der Waals surface area contributed by atoms with Gasteiger partial charge in [-0.25, -0.2) is 0 Å². The van der Waals surface area contributed by atoms with Crippen molar-refractivity contribution in [3.05, 3.63) is 0 Å². The Bertz CT molecular complexity index is 167. The molecule has 0 amide bonds. The number of carboxylic acids is 1. The molecule has 0 aromatic carbocycles. The van der Waals surface area contributed by atoms with Crippen LogP contribution >= 0.6 is 0 Å². The van der Waals surface area contributed by atoms with Gasteiger partial charge in [0, 0.05) is 6.54 Å². The summed E-state index contributed by atoms with van der Waals surface area (Å²) in [5.74, 6) is -1.71. The molecule has 0 aromatic heterocycles. The van der Waals surface area contributed by atoms with E-state index in [9.17, 15) is 14.7 Å². The van der Waals surface area contributed by atoms with Gasteiger partial charge in [-0.1, -0.05) is 0 Å². The van der Waals surface area contributed by atoms with Gasteiger partial charge in [-0.05, 0) is 13.8 Å². The third kappa shape index (κ3) is 7.01. The smallest absolute Gasteiger partial charge is 0.320 e. The van der Waals surface area contributed by atoms with Crippen LogP contribution in [0.3, 0.4) is 0 Å². The second-order valence-electron chi connectivity index (χ2n) is 2.51. The maximum absolute atomic E-state index is 10.7. The maximum Gasteiger partial charge on any atom is 0.320 e. The summed E-state index contributed by atoms with van der Waals surface area (Å²) in [5.41, 5.74) is 0. The van der Waals surface area contributed by atoms with Crippen molar-refractivity contribution in [2.45, 2.75) is 20.0 Å². The zero-order chi connectivity index (χ0) is 9.56. The standard InChI is InChI=1S/C7H13NO4/c1-5(2)12-7(11)4-8-3-6(9)10/h5,8H,3-4H2,1-2H3,(H,9,10)/p-1. The number of hydrogen-bond donors (Lipinski definition) is 1. The molecule has 12 heavy (non-hydrogen) atoms. The van der Waals surface area contributed by atoms with Gasteiger partial charge in [0.15, 0.2) is 0 Å². The molecule has 0 aliphatic heterocycles. The predicted octanol–water partition coefficient (Wildman–Crippen LogP) is -1.72. The van der Waals surface area contributed by atoms with Crippen LogP contribution in [0, 0.1) is 0 Å². The van der Waals surface area contributed by atoms with Gasteiger partial charge in [0.1, 0.15) is 0 Å². The first-order chi connectivity index (χ1) is 5.52. The number of carbonyl (C=O) groups is 2. The average molecular weight is 174 g/mol. The number of aliphatic carboxylic acids is 1. The molecule has 0 spiro atoms. The molecule has 0 rings (SSSR count). The van der Waals surface area contributed by atoms with Crippen molar-refractivity contribution in [1.29, 1.82) is 0 Å². The SMILES string of the molecule is CC(C)OC(=O)CNCC(=O)[O-]. The molecular formula is C7H12NO4-. The molecule has 5 heteroatoms. The molecule has 0 aliphatic carbocycles.